The predicted octanol–water partition coefficient (Wildman–Crippen LogP) is 0.465. The molecular formula is C14H19N3O4. The zero-order valence-electron chi connectivity index (χ0n) is 12.0. The Balaban J connectivity index is 2.67. The number of hydrogen-bond acceptors (Lipinski definition) is 3. The highest BCUT2D eigenvalue weighted by Gasteiger charge is 2.23. The number of nitrogens with zero attached hydrogens (tertiary/aromatic N) is 1. The van der Waals surface area contributed by atoms with Crippen LogP contribution < -0.4 is 11.1 Å². The van der Waals surface area contributed by atoms with Gasteiger partial charge in [-0.15, -0.1) is 0 Å². The van der Waals surface area contributed by atoms with E-state index in [2.05, 4.69) is 5.32 Å². The zero-order valence-corrected chi connectivity index (χ0v) is 12.0. The largest absolute Gasteiger partial charge is 0.480 e. The number of aliphatic carboxylic acids is 1. The average molecular weight is 293 g/mol. The van der Waals surface area contributed by atoms with Gasteiger partial charge in [-0.2, -0.15) is 0 Å². The first-order valence-electron chi connectivity index (χ1n) is 6.38. The van der Waals surface area contributed by atoms with Crippen molar-refractivity contribution in [2.45, 2.75) is 25.9 Å². The fourth-order valence-corrected chi connectivity index (χ4v) is 1.78. The second-order valence-electron chi connectivity index (χ2n) is 4.79. The van der Waals surface area contributed by atoms with Gasteiger partial charge in [0.05, 0.1) is 6.42 Å². The van der Waals surface area contributed by atoms with Crippen molar-refractivity contribution in [1.82, 2.24) is 10.2 Å². The van der Waals surface area contributed by atoms with Gasteiger partial charge in [-0.25, -0.2) is 9.59 Å². The van der Waals surface area contributed by atoms with Gasteiger partial charge in [0.15, 0.2) is 0 Å². The lowest BCUT2D eigenvalue weighted by Gasteiger charge is -2.21. The maximum absolute atomic E-state index is 12.0. The van der Waals surface area contributed by atoms with E-state index < -0.39 is 30.4 Å². The summed E-state index contributed by atoms with van der Waals surface area (Å²) >= 11 is 0. The molecule has 0 unspecified atom stereocenters. The molecule has 7 nitrogen and oxygen atoms in total. The lowest BCUT2D eigenvalue weighted by Crippen LogP contribution is -2.48. The summed E-state index contributed by atoms with van der Waals surface area (Å²) < 4.78 is 0. The molecule has 0 aliphatic heterocycles. The Kier molecular flexibility index (Phi) is 5.71. The zero-order chi connectivity index (χ0) is 16.0. The topological polar surface area (TPSA) is 113 Å². The Bertz CT molecular complexity index is 545. The molecule has 0 spiro atoms. The number of primary amides is 1. The molecule has 21 heavy (non-hydrogen) atoms. The van der Waals surface area contributed by atoms with Gasteiger partial charge in [0.25, 0.3) is 0 Å². The number of benzene rings is 1. The van der Waals surface area contributed by atoms with Crippen molar-refractivity contribution < 1.29 is 19.5 Å². The van der Waals surface area contributed by atoms with Gasteiger partial charge < -0.3 is 21.1 Å². The number of carboxylic acids is 1. The molecule has 7 heteroatoms. The number of carbonyl (C=O) groups excluding carboxylic acids is 2. The van der Waals surface area contributed by atoms with Crippen LogP contribution in [0.25, 0.3) is 0 Å². The maximum atomic E-state index is 12.0. The van der Waals surface area contributed by atoms with E-state index in [0.29, 0.717) is 6.54 Å². The Morgan fingerprint density at radius 1 is 1.33 bits per heavy atom. The first-order valence-corrected chi connectivity index (χ1v) is 6.38. The van der Waals surface area contributed by atoms with Crippen LogP contribution in [0.3, 0.4) is 0 Å². The molecule has 0 aliphatic carbocycles. The Labute approximate surface area is 122 Å². The third kappa shape index (κ3) is 5.13. The van der Waals surface area contributed by atoms with Crippen LogP contribution in [0.5, 0.6) is 0 Å². The van der Waals surface area contributed by atoms with Crippen molar-refractivity contribution in [1.29, 1.82) is 0 Å². The van der Waals surface area contributed by atoms with Crippen LogP contribution in [0.15, 0.2) is 24.3 Å². The van der Waals surface area contributed by atoms with Crippen LogP contribution in [0.1, 0.15) is 17.5 Å². The molecule has 114 valence electrons. The number of aryl methyl sites for hydroxylation is 1. The van der Waals surface area contributed by atoms with Gasteiger partial charge in [-0.3, -0.25) is 4.79 Å². The monoisotopic (exact) mass is 293 g/mol. The number of urea groups is 1. The minimum atomic E-state index is -1.32. The quantitative estimate of drug-likeness (QED) is 0.707. The van der Waals surface area contributed by atoms with Crippen LogP contribution in [-0.4, -0.2) is 41.0 Å². The number of carbonyl (C=O) groups is 3. The molecule has 0 bridgehead atoms. The molecular weight excluding hydrogens is 274 g/mol. The molecule has 0 saturated carbocycles. The lowest BCUT2D eigenvalue weighted by molar-refractivity contribution is -0.140. The minimum absolute atomic E-state index is 0.335. The summed E-state index contributed by atoms with van der Waals surface area (Å²) in [4.78, 5) is 35.1. The van der Waals surface area contributed by atoms with Gasteiger partial charge in [0.1, 0.15) is 6.04 Å². The highest BCUT2D eigenvalue weighted by atomic mass is 16.4. The first-order chi connectivity index (χ1) is 9.81. The van der Waals surface area contributed by atoms with Gasteiger partial charge in [0.2, 0.25) is 5.91 Å². The molecule has 0 heterocycles. The van der Waals surface area contributed by atoms with E-state index in [4.69, 9.17) is 10.8 Å². The van der Waals surface area contributed by atoms with E-state index in [9.17, 15) is 14.4 Å². The second-order valence-corrected chi connectivity index (χ2v) is 4.79. The number of carboxylic acid groups (broad SMARTS) is 1. The van der Waals surface area contributed by atoms with E-state index in [1.165, 1.54) is 4.90 Å². The average Bonchev–Trinajstić information content (AvgIpc) is 2.39. The van der Waals surface area contributed by atoms with E-state index in [1.807, 2.05) is 31.2 Å². The van der Waals surface area contributed by atoms with Crippen molar-refractivity contribution in [2.24, 2.45) is 5.73 Å². The van der Waals surface area contributed by atoms with E-state index in [0.717, 1.165) is 11.1 Å². The standard InChI is InChI=1S/C14H19N3O4/c1-9-5-3-4-6-10(9)8-17(2)14(21)16-11(13(19)20)7-12(15)18/h3-6,11H,7-8H2,1-2H3,(H2,15,18)(H,16,21)(H,19,20)/t11-/m1/s1. The number of rotatable bonds is 6. The maximum Gasteiger partial charge on any atom is 0.326 e. The van der Waals surface area contributed by atoms with Crippen LogP contribution in [0.4, 0.5) is 4.79 Å². The number of nitrogens with one attached hydrogen (secondary N) is 1. The summed E-state index contributed by atoms with van der Waals surface area (Å²) in [5.74, 6) is -2.09. The van der Waals surface area contributed by atoms with Crippen LogP contribution in [0, 0.1) is 6.92 Å². The molecule has 1 rings (SSSR count). The summed E-state index contributed by atoms with van der Waals surface area (Å²) in [5.41, 5.74) is 6.95. The molecule has 0 radical (unpaired) electrons. The van der Waals surface area contributed by atoms with E-state index >= 15 is 0 Å². The fourth-order valence-electron chi connectivity index (χ4n) is 1.78. The smallest absolute Gasteiger partial charge is 0.326 e. The van der Waals surface area contributed by atoms with Gasteiger partial charge in [0, 0.05) is 13.6 Å². The second kappa shape index (κ2) is 7.28. The third-order valence-corrected chi connectivity index (χ3v) is 3.02. The SMILES string of the molecule is Cc1ccccc1CN(C)C(=O)N[C@H](CC(N)=O)C(=O)O. The van der Waals surface area contributed by atoms with Gasteiger partial charge in [-0.1, -0.05) is 24.3 Å². The highest BCUT2D eigenvalue weighted by molar-refractivity contribution is 5.87. The lowest BCUT2D eigenvalue weighted by atomic mass is 10.1. The molecule has 0 saturated heterocycles. The van der Waals surface area contributed by atoms with Crippen molar-refractivity contribution in [2.75, 3.05) is 7.05 Å². The summed E-state index contributed by atoms with van der Waals surface area (Å²) in [6.07, 6.45) is -0.445. The van der Waals surface area contributed by atoms with Crippen LogP contribution in [0.2, 0.25) is 0 Å². The Morgan fingerprint density at radius 3 is 2.48 bits per heavy atom. The van der Waals surface area contributed by atoms with Crippen molar-refractivity contribution in [3.05, 3.63) is 35.4 Å². The minimum Gasteiger partial charge on any atom is -0.480 e. The summed E-state index contributed by atoms with van der Waals surface area (Å²) in [5, 5.41) is 11.2. The molecule has 1 atom stereocenters. The van der Waals surface area contributed by atoms with Gasteiger partial charge in [-0.05, 0) is 18.1 Å². The van der Waals surface area contributed by atoms with Crippen molar-refractivity contribution in [3.63, 3.8) is 0 Å². The van der Waals surface area contributed by atoms with Crippen molar-refractivity contribution >= 4 is 17.9 Å². The van der Waals surface area contributed by atoms with E-state index in [-0.39, 0.29) is 0 Å². The van der Waals surface area contributed by atoms with Crippen molar-refractivity contribution in [3.8, 4) is 0 Å². The normalized spacial score (nSPS) is 11.5. The number of hydrogen-bond donors (Lipinski definition) is 3. The molecule has 4 N–H and O–H groups in total. The first kappa shape index (κ1) is 16.5. The summed E-state index contributed by atoms with van der Waals surface area (Å²) in [6.45, 7) is 2.26. The number of nitrogens with two attached hydrogens (primary N) is 1. The fraction of sp³-hybridized carbons (Fsp3) is 0.357. The summed E-state index contributed by atoms with van der Waals surface area (Å²) in [7, 11) is 1.55. The molecule has 1 aromatic rings. The molecule has 0 fully saturated rings. The van der Waals surface area contributed by atoms with Crippen LogP contribution in [-0.2, 0) is 16.1 Å². The molecule has 0 aromatic heterocycles. The highest BCUT2D eigenvalue weighted by Crippen LogP contribution is 2.09. The predicted molar refractivity (Wildman–Crippen MR) is 76.4 cm³/mol. The Morgan fingerprint density at radius 2 is 1.95 bits per heavy atom. The van der Waals surface area contributed by atoms with Gasteiger partial charge >= 0.3 is 12.0 Å². The van der Waals surface area contributed by atoms with Crippen LogP contribution >= 0.6 is 0 Å². The summed E-state index contributed by atoms with van der Waals surface area (Å²) in [6, 6.07) is 5.67. The molecule has 0 aliphatic rings. The number of amides is 3. The molecule has 3 amide bonds. The third-order valence-electron chi connectivity index (χ3n) is 3.02. The Hall–Kier alpha value is -2.57. The molecule has 1 aromatic carbocycles. The van der Waals surface area contributed by atoms with E-state index in [1.54, 1.807) is 7.05 Å².